The Labute approximate surface area is 170 Å². The van der Waals surface area contributed by atoms with Crippen molar-refractivity contribution in [1.82, 2.24) is 0 Å². The lowest BCUT2D eigenvalue weighted by atomic mass is 10.1. The predicted molar refractivity (Wildman–Crippen MR) is 111 cm³/mol. The molecule has 0 saturated heterocycles. The summed E-state index contributed by atoms with van der Waals surface area (Å²) in [5.41, 5.74) is 1.55. The molecule has 1 N–H and O–H groups in total. The molecule has 0 spiro atoms. The molecule has 9 heteroatoms. The van der Waals surface area contributed by atoms with Crippen molar-refractivity contribution in [2.24, 2.45) is 0 Å². The summed E-state index contributed by atoms with van der Waals surface area (Å²) >= 11 is 0. The predicted octanol–water partition coefficient (Wildman–Crippen LogP) is 2.59. The Morgan fingerprint density at radius 2 is 1.83 bits per heavy atom. The highest BCUT2D eigenvalue weighted by Gasteiger charge is 2.22. The Kier molecular flexibility index (Phi) is 7.22. The second kappa shape index (κ2) is 9.42. The van der Waals surface area contributed by atoms with Crippen molar-refractivity contribution in [3.63, 3.8) is 0 Å². The summed E-state index contributed by atoms with van der Waals surface area (Å²) < 4.78 is 35.7. The van der Waals surface area contributed by atoms with Gasteiger partial charge in [0.1, 0.15) is 12.3 Å². The maximum absolute atomic E-state index is 12.6. The molecule has 8 nitrogen and oxygen atoms in total. The second-order valence-electron chi connectivity index (χ2n) is 6.22. The normalized spacial score (nSPS) is 10.9. The standard InChI is InChI=1S/C20H24N2O6S/c1-5-28-16-9-6-8-15(12-16)22(29(4,25)26)13-19(23)21-18-11-7-10-17(14(18)2)20(24)27-3/h6-12H,5,13H2,1-4H3,(H,21,23). The van der Waals surface area contributed by atoms with Gasteiger partial charge in [-0.1, -0.05) is 12.1 Å². The number of methoxy groups -OCH3 is 1. The van der Waals surface area contributed by atoms with E-state index in [1.807, 2.05) is 6.92 Å². The molecule has 2 aromatic rings. The summed E-state index contributed by atoms with van der Waals surface area (Å²) in [4.78, 5) is 24.4. The van der Waals surface area contributed by atoms with Gasteiger partial charge in [-0.3, -0.25) is 9.10 Å². The van der Waals surface area contributed by atoms with E-state index < -0.39 is 28.4 Å². The molecule has 0 atom stereocenters. The minimum Gasteiger partial charge on any atom is -0.494 e. The zero-order valence-electron chi connectivity index (χ0n) is 16.8. The second-order valence-corrected chi connectivity index (χ2v) is 8.12. The first kappa shape index (κ1) is 22.2. The van der Waals surface area contributed by atoms with E-state index in [-0.39, 0.29) is 0 Å². The molecule has 2 aromatic carbocycles. The summed E-state index contributed by atoms with van der Waals surface area (Å²) in [6.07, 6.45) is 1.02. The first-order valence-electron chi connectivity index (χ1n) is 8.85. The number of amides is 1. The van der Waals surface area contributed by atoms with E-state index in [0.29, 0.717) is 34.9 Å². The highest BCUT2D eigenvalue weighted by molar-refractivity contribution is 7.92. The summed E-state index contributed by atoms with van der Waals surface area (Å²) in [6.45, 7) is 3.48. The number of esters is 1. The largest absolute Gasteiger partial charge is 0.494 e. The Morgan fingerprint density at radius 3 is 2.45 bits per heavy atom. The van der Waals surface area contributed by atoms with Crippen LogP contribution in [-0.4, -0.2) is 46.8 Å². The van der Waals surface area contributed by atoms with E-state index in [1.54, 1.807) is 49.4 Å². The number of nitrogens with zero attached hydrogens (tertiary/aromatic N) is 1. The third-order valence-electron chi connectivity index (χ3n) is 4.12. The lowest BCUT2D eigenvalue weighted by molar-refractivity contribution is -0.114. The SMILES string of the molecule is CCOc1cccc(N(CC(=O)Nc2cccc(C(=O)OC)c2C)S(C)(=O)=O)c1. The minimum absolute atomic E-state index is 0.314. The van der Waals surface area contributed by atoms with Crippen LogP contribution in [0.4, 0.5) is 11.4 Å². The van der Waals surface area contributed by atoms with Crippen molar-refractivity contribution < 1.29 is 27.5 Å². The first-order chi connectivity index (χ1) is 13.7. The number of nitrogens with one attached hydrogen (secondary N) is 1. The van der Waals surface area contributed by atoms with E-state index in [4.69, 9.17) is 9.47 Å². The van der Waals surface area contributed by atoms with Crippen molar-refractivity contribution in [3.8, 4) is 5.75 Å². The zero-order chi connectivity index (χ0) is 21.6. The molecule has 156 valence electrons. The molecule has 0 bridgehead atoms. The van der Waals surface area contributed by atoms with Crippen LogP contribution >= 0.6 is 0 Å². The molecule has 0 radical (unpaired) electrons. The molecule has 0 heterocycles. The van der Waals surface area contributed by atoms with Crippen LogP contribution in [0.25, 0.3) is 0 Å². The summed E-state index contributed by atoms with van der Waals surface area (Å²) in [5.74, 6) is -0.577. The number of benzene rings is 2. The maximum atomic E-state index is 12.6. The van der Waals surface area contributed by atoms with Crippen molar-refractivity contribution in [2.45, 2.75) is 13.8 Å². The summed E-state index contributed by atoms with van der Waals surface area (Å²) in [6, 6.07) is 11.3. The lowest BCUT2D eigenvalue weighted by Crippen LogP contribution is -2.37. The van der Waals surface area contributed by atoms with Crippen LogP contribution in [0, 0.1) is 6.92 Å². The molecule has 29 heavy (non-hydrogen) atoms. The van der Waals surface area contributed by atoms with Gasteiger partial charge in [0.15, 0.2) is 0 Å². The van der Waals surface area contributed by atoms with E-state index in [2.05, 4.69) is 5.32 Å². The number of carbonyl (C=O) groups excluding carboxylic acids is 2. The molecule has 1 amide bonds. The average Bonchev–Trinajstić information content (AvgIpc) is 2.67. The molecule has 0 saturated carbocycles. The van der Waals surface area contributed by atoms with Gasteiger partial charge in [-0.15, -0.1) is 0 Å². The molecule has 0 aliphatic rings. The molecule has 0 aliphatic heterocycles. The van der Waals surface area contributed by atoms with Gasteiger partial charge in [0, 0.05) is 11.8 Å². The number of hydrogen-bond donors (Lipinski definition) is 1. The smallest absolute Gasteiger partial charge is 0.338 e. The highest BCUT2D eigenvalue weighted by Crippen LogP contribution is 2.24. The fourth-order valence-corrected chi connectivity index (χ4v) is 3.57. The summed E-state index contributed by atoms with van der Waals surface area (Å²) in [5, 5.41) is 2.66. The third-order valence-corrected chi connectivity index (χ3v) is 5.26. The fraction of sp³-hybridized carbons (Fsp3) is 0.300. The monoisotopic (exact) mass is 420 g/mol. The van der Waals surface area contributed by atoms with Gasteiger partial charge >= 0.3 is 5.97 Å². The average molecular weight is 420 g/mol. The maximum Gasteiger partial charge on any atom is 0.338 e. The summed E-state index contributed by atoms with van der Waals surface area (Å²) in [7, 11) is -2.46. The number of ether oxygens (including phenoxy) is 2. The minimum atomic E-state index is -3.73. The van der Waals surface area contributed by atoms with E-state index in [1.165, 1.54) is 7.11 Å². The Morgan fingerprint density at radius 1 is 1.14 bits per heavy atom. The molecule has 0 unspecified atom stereocenters. The van der Waals surface area contributed by atoms with Crippen LogP contribution in [0.3, 0.4) is 0 Å². The molecule has 0 aromatic heterocycles. The van der Waals surface area contributed by atoms with Gasteiger partial charge < -0.3 is 14.8 Å². The van der Waals surface area contributed by atoms with Gasteiger partial charge in [-0.25, -0.2) is 13.2 Å². The van der Waals surface area contributed by atoms with Crippen molar-refractivity contribution >= 4 is 33.3 Å². The third kappa shape index (κ3) is 5.71. The van der Waals surface area contributed by atoms with E-state index in [9.17, 15) is 18.0 Å². The topological polar surface area (TPSA) is 102 Å². The van der Waals surface area contributed by atoms with Gasteiger partial charge in [-0.2, -0.15) is 0 Å². The van der Waals surface area contributed by atoms with Gasteiger partial charge in [0.05, 0.1) is 31.2 Å². The number of rotatable bonds is 8. The zero-order valence-corrected chi connectivity index (χ0v) is 17.6. The van der Waals surface area contributed by atoms with Crippen molar-refractivity contribution in [1.29, 1.82) is 0 Å². The van der Waals surface area contributed by atoms with Crippen LogP contribution in [-0.2, 0) is 19.6 Å². The van der Waals surface area contributed by atoms with Crippen LogP contribution < -0.4 is 14.4 Å². The van der Waals surface area contributed by atoms with Crippen LogP contribution in [0.1, 0.15) is 22.8 Å². The Hall–Kier alpha value is -3.07. The first-order valence-corrected chi connectivity index (χ1v) is 10.7. The molecule has 2 rings (SSSR count). The van der Waals surface area contributed by atoms with Crippen LogP contribution in [0.2, 0.25) is 0 Å². The van der Waals surface area contributed by atoms with Crippen LogP contribution in [0.15, 0.2) is 42.5 Å². The van der Waals surface area contributed by atoms with E-state index in [0.717, 1.165) is 10.6 Å². The number of carbonyl (C=O) groups is 2. The molecule has 0 fully saturated rings. The van der Waals surface area contributed by atoms with Gasteiger partial charge in [0.2, 0.25) is 15.9 Å². The van der Waals surface area contributed by atoms with Crippen LogP contribution in [0.5, 0.6) is 5.75 Å². The molecular formula is C20H24N2O6S. The Balaban J connectivity index is 2.27. The van der Waals surface area contributed by atoms with Crippen molar-refractivity contribution in [2.75, 3.05) is 36.1 Å². The van der Waals surface area contributed by atoms with E-state index >= 15 is 0 Å². The lowest BCUT2D eigenvalue weighted by Gasteiger charge is -2.22. The van der Waals surface area contributed by atoms with Gasteiger partial charge in [0.25, 0.3) is 0 Å². The molecular weight excluding hydrogens is 396 g/mol. The van der Waals surface area contributed by atoms with Gasteiger partial charge in [-0.05, 0) is 43.7 Å². The number of sulfonamides is 1. The highest BCUT2D eigenvalue weighted by atomic mass is 32.2. The number of hydrogen-bond acceptors (Lipinski definition) is 6. The fourth-order valence-electron chi connectivity index (χ4n) is 2.72. The number of anilines is 2. The Bertz CT molecular complexity index is 1000. The van der Waals surface area contributed by atoms with Crippen molar-refractivity contribution in [3.05, 3.63) is 53.6 Å². The molecule has 0 aliphatic carbocycles. The quantitative estimate of drug-likeness (QED) is 0.659.